The van der Waals surface area contributed by atoms with Gasteiger partial charge in [-0.15, -0.1) is 11.3 Å². The highest BCUT2D eigenvalue weighted by atomic mass is 32.1. The molecule has 1 aromatic heterocycles. The van der Waals surface area contributed by atoms with Crippen molar-refractivity contribution < 1.29 is 18.3 Å². The first-order chi connectivity index (χ1) is 15.1. The van der Waals surface area contributed by atoms with Gasteiger partial charge in [0.05, 0.1) is 19.8 Å². The van der Waals surface area contributed by atoms with Gasteiger partial charge in [0.1, 0.15) is 22.3 Å². The minimum atomic E-state index is -0.296. The van der Waals surface area contributed by atoms with Crippen molar-refractivity contribution in [1.82, 2.24) is 14.8 Å². The number of thiazole rings is 1. The predicted octanol–water partition coefficient (Wildman–Crippen LogP) is 4.10. The quantitative estimate of drug-likeness (QED) is 0.552. The molecule has 0 spiro atoms. The first-order valence-electron chi connectivity index (χ1n) is 10.1. The van der Waals surface area contributed by atoms with Crippen LogP contribution in [0.3, 0.4) is 0 Å². The second-order valence-electron chi connectivity index (χ2n) is 7.39. The number of rotatable bonds is 7. The molecule has 1 fully saturated rings. The summed E-state index contributed by atoms with van der Waals surface area (Å²) in [6, 6.07) is 12.9. The Labute approximate surface area is 183 Å². The maximum Gasteiger partial charge on any atom is 0.273 e. The van der Waals surface area contributed by atoms with Gasteiger partial charge in [0, 0.05) is 37.1 Å². The topological polar surface area (TPSA) is 45.7 Å². The fourth-order valence-electron chi connectivity index (χ4n) is 3.48. The van der Waals surface area contributed by atoms with E-state index in [0.717, 1.165) is 10.6 Å². The normalized spacial score (nSPS) is 14.2. The predicted molar refractivity (Wildman–Crippen MR) is 115 cm³/mol. The van der Waals surface area contributed by atoms with Crippen molar-refractivity contribution in [3.63, 3.8) is 0 Å². The summed E-state index contributed by atoms with van der Waals surface area (Å²) in [5.41, 5.74) is 1.92. The van der Waals surface area contributed by atoms with Gasteiger partial charge >= 0.3 is 0 Å². The number of hydrogen-bond acceptors (Lipinski definition) is 5. The van der Waals surface area contributed by atoms with E-state index in [4.69, 9.17) is 4.74 Å². The summed E-state index contributed by atoms with van der Waals surface area (Å²) in [6.07, 6.45) is 0. The summed E-state index contributed by atoms with van der Waals surface area (Å²) in [7, 11) is 0. The lowest BCUT2D eigenvalue weighted by Gasteiger charge is -2.26. The van der Waals surface area contributed by atoms with E-state index in [9.17, 15) is 13.6 Å². The summed E-state index contributed by atoms with van der Waals surface area (Å²) in [5, 5.41) is 2.54. The van der Waals surface area contributed by atoms with Gasteiger partial charge in [-0.05, 0) is 23.8 Å². The number of carbonyl (C=O) groups excluding carboxylic acids is 1. The Balaban J connectivity index is 1.50. The van der Waals surface area contributed by atoms with Crippen molar-refractivity contribution in [3.8, 4) is 0 Å². The Morgan fingerprint density at radius 3 is 2.52 bits per heavy atom. The average molecular weight is 444 g/mol. The number of aromatic nitrogens is 1. The molecular formula is C23H23F2N3O2S. The molecule has 4 rings (SSSR count). The lowest BCUT2D eigenvalue weighted by molar-refractivity contribution is 0.0299. The van der Waals surface area contributed by atoms with Gasteiger partial charge in [0.15, 0.2) is 0 Å². The van der Waals surface area contributed by atoms with Gasteiger partial charge in [-0.3, -0.25) is 9.69 Å². The van der Waals surface area contributed by atoms with E-state index in [-0.39, 0.29) is 17.5 Å². The Morgan fingerprint density at radius 1 is 1.03 bits per heavy atom. The number of carbonyl (C=O) groups is 1. The van der Waals surface area contributed by atoms with E-state index in [2.05, 4.69) is 4.98 Å². The molecule has 5 nitrogen and oxygen atoms in total. The van der Waals surface area contributed by atoms with Crippen LogP contribution in [0.2, 0.25) is 0 Å². The van der Waals surface area contributed by atoms with Crippen LogP contribution in [0.25, 0.3) is 0 Å². The lowest BCUT2D eigenvalue weighted by atomic mass is 10.1. The SMILES string of the molecule is O=C(c1csc(CN(Cc2ccc(F)cc2)Cc2ccccc2F)n1)N1CCOCC1. The molecule has 0 atom stereocenters. The Kier molecular flexibility index (Phi) is 7.01. The molecule has 31 heavy (non-hydrogen) atoms. The Morgan fingerprint density at radius 2 is 1.77 bits per heavy atom. The number of hydrogen-bond donors (Lipinski definition) is 0. The van der Waals surface area contributed by atoms with Crippen LogP contribution in [0, 0.1) is 11.6 Å². The molecule has 8 heteroatoms. The third kappa shape index (κ3) is 5.72. The summed E-state index contributed by atoms with van der Waals surface area (Å²) in [5.74, 6) is -0.658. The lowest BCUT2D eigenvalue weighted by Crippen LogP contribution is -2.40. The molecule has 1 amide bonds. The van der Waals surface area contributed by atoms with Crippen LogP contribution in [0.5, 0.6) is 0 Å². The maximum absolute atomic E-state index is 14.2. The minimum Gasteiger partial charge on any atom is -0.378 e. The van der Waals surface area contributed by atoms with Crippen molar-refractivity contribution in [2.24, 2.45) is 0 Å². The molecule has 1 aliphatic heterocycles. The second kappa shape index (κ2) is 10.1. The number of morpholine rings is 1. The van der Waals surface area contributed by atoms with Crippen LogP contribution < -0.4 is 0 Å². The van der Waals surface area contributed by atoms with Crippen molar-refractivity contribution >= 4 is 17.2 Å². The summed E-state index contributed by atoms with van der Waals surface area (Å²) >= 11 is 1.41. The van der Waals surface area contributed by atoms with Crippen LogP contribution in [-0.4, -0.2) is 47.0 Å². The molecular weight excluding hydrogens is 420 g/mol. The number of ether oxygens (including phenoxy) is 1. The van der Waals surface area contributed by atoms with Crippen molar-refractivity contribution in [1.29, 1.82) is 0 Å². The van der Waals surface area contributed by atoms with Crippen molar-refractivity contribution in [2.45, 2.75) is 19.6 Å². The van der Waals surface area contributed by atoms with E-state index in [1.54, 1.807) is 40.6 Å². The van der Waals surface area contributed by atoms with E-state index in [1.165, 1.54) is 29.5 Å². The number of nitrogens with zero attached hydrogens (tertiary/aromatic N) is 3. The van der Waals surface area contributed by atoms with Crippen LogP contribution in [0.1, 0.15) is 26.6 Å². The molecule has 0 N–H and O–H groups in total. The van der Waals surface area contributed by atoms with Crippen molar-refractivity contribution in [3.05, 3.63) is 87.4 Å². The molecule has 2 aromatic carbocycles. The second-order valence-corrected chi connectivity index (χ2v) is 8.34. The smallest absolute Gasteiger partial charge is 0.273 e. The molecule has 1 saturated heterocycles. The zero-order chi connectivity index (χ0) is 21.6. The largest absolute Gasteiger partial charge is 0.378 e. The highest BCUT2D eigenvalue weighted by molar-refractivity contribution is 7.09. The molecule has 1 aliphatic rings. The van der Waals surface area contributed by atoms with Gasteiger partial charge in [-0.25, -0.2) is 13.8 Å². The molecule has 0 saturated carbocycles. The highest BCUT2D eigenvalue weighted by Crippen LogP contribution is 2.20. The van der Waals surface area contributed by atoms with E-state index in [1.807, 2.05) is 4.90 Å². The van der Waals surface area contributed by atoms with Gasteiger partial charge < -0.3 is 9.64 Å². The third-order valence-corrected chi connectivity index (χ3v) is 5.93. The highest BCUT2D eigenvalue weighted by Gasteiger charge is 2.21. The number of halogens is 2. The van der Waals surface area contributed by atoms with Gasteiger partial charge in [0.2, 0.25) is 0 Å². The van der Waals surface area contributed by atoms with Crippen molar-refractivity contribution in [2.75, 3.05) is 26.3 Å². The van der Waals surface area contributed by atoms with Gasteiger partial charge in [-0.2, -0.15) is 0 Å². The van der Waals surface area contributed by atoms with Crippen LogP contribution in [0.15, 0.2) is 53.9 Å². The zero-order valence-corrected chi connectivity index (χ0v) is 17.8. The Bertz CT molecular complexity index is 1020. The first-order valence-corrected chi connectivity index (χ1v) is 11.0. The van der Waals surface area contributed by atoms with Crippen LogP contribution in [-0.2, 0) is 24.4 Å². The minimum absolute atomic E-state index is 0.0926. The van der Waals surface area contributed by atoms with Gasteiger partial charge in [-0.1, -0.05) is 30.3 Å². The standard InChI is InChI=1S/C23H23F2N3O2S/c24-19-7-5-17(6-8-19)13-27(14-18-3-1-2-4-20(18)25)15-22-26-21(16-31-22)23(29)28-9-11-30-12-10-28/h1-8,16H,9-15H2. The third-order valence-electron chi connectivity index (χ3n) is 5.10. The zero-order valence-electron chi connectivity index (χ0n) is 17.0. The monoisotopic (exact) mass is 443 g/mol. The van der Waals surface area contributed by atoms with E-state index < -0.39 is 0 Å². The number of amides is 1. The summed E-state index contributed by atoms with van der Waals surface area (Å²) < 4.78 is 32.8. The fraction of sp³-hybridized carbons (Fsp3) is 0.304. The van der Waals surface area contributed by atoms with Crippen LogP contribution in [0.4, 0.5) is 8.78 Å². The number of benzene rings is 2. The molecule has 0 bridgehead atoms. The molecule has 162 valence electrons. The first kappa shape index (κ1) is 21.5. The maximum atomic E-state index is 14.2. The molecule has 0 aliphatic carbocycles. The fourth-order valence-corrected chi connectivity index (χ4v) is 4.29. The molecule has 3 aromatic rings. The molecule has 2 heterocycles. The summed E-state index contributed by atoms with van der Waals surface area (Å²) in [6.45, 7) is 3.53. The van der Waals surface area contributed by atoms with E-state index >= 15 is 0 Å². The summed E-state index contributed by atoms with van der Waals surface area (Å²) in [4.78, 5) is 21.0. The van der Waals surface area contributed by atoms with E-state index in [0.29, 0.717) is 57.2 Å². The molecule has 0 unspecified atom stereocenters. The van der Waals surface area contributed by atoms with Crippen LogP contribution >= 0.6 is 11.3 Å². The Hall–Kier alpha value is -2.68. The van der Waals surface area contributed by atoms with Gasteiger partial charge in [0.25, 0.3) is 5.91 Å². The average Bonchev–Trinajstić information content (AvgIpc) is 3.25. The molecule has 0 radical (unpaired) electrons.